The Bertz CT molecular complexity index is 585. The number of thiazole rings is 1. The van der Waals surface area contributed by atoms with Gasteiger partial charge in [0.2, 0.25) is 0 Å². The first-order valence-electron chi connectivity index (χ1n) is 6.06. The van der Waals surface area contributed by atoms with Crippen molar-refractivity contribution in [3.63, 3.8) is 0 Å². The minimum atomic E-state index is -2.02. The maximum absolute atomic E-state index is 11.9. The van der Waals surface area contributed by atoms with Crippen LogP contribution in [-0.2, 0) is 17.1 Å². The molecule has 2 rings (SSSR count). The number of nitrogens with zero attached hydrogens (tertiary/aromatic N) is 1. The fourth-order valence-electron chi connectivity index (χ4n) is 1.85. The van der Waals surface area contributed by atoms with E-state index in [4.69, 9.17) is 0 Å². The Labute approximate surface area is 112 Å². The maximum atomic E-state index is 11.9. The van der Waals surface area contributed by atoms with Gasteiger partial charge in [-0.3, -0.25) is 0 Å². The Hall–Kier alpha value is -0.920. The van der Waals surface area contributed by atoms with Crippen molar-refractivity contribution in [1.29, 1.82) is 0 Å². The monoisotopic (exact) mass is 279 g/mol. The molecule has 18 heavy (non-hydrogen) atoms. The topological polar surface area (TPSA) is 30.0 Å². The van der Waals surface area contributed by atoms with Crippen molar-refractivity contribution >= 4 is 18.5 Å². The average molecular weight is 279 g/mol. The number of rotatable bonds is 4. The summed E-state index contributed by atoms with van der Waals surface area (Å²) in [6.45, 7) is 5.80. The zero-order valence-corrected chi connectivity index (χ0v) is 12.7. The second-order valence-electron chi connectivity index (χ2n) is 4.92. The van der Waals surface area contributed by atoms with Crippen LogP contribution in [0.1, 0.15) is 17.4 Å². The molecule has 0 aliphatic heterocycles. The molecule has 2 aromatic rings. The second-order valence-corrected chi connectivity index (χ2v) is 9.50. The number of benzene rings is 1. The third kappa shape index (κ3) is 3.54. The number of aromatic nitrogens is 1. The molecule has 0 fully saturated rings. The second kappa shape index (κ2) is 5.38. The summed E-state index contributed by atoms with van der Waals surface area (Å²) in [5, 5.41) is 1.05. The molecule has 96 valence electrons. The van der Waals surface area contributed by atoms with Gasteiger partial charge in [0.05, 0.1) is 7.14 Å². The lowest BCUT2D eigenvalue weighted by Crippen LogP contribution is -1.86. The van der Waals surface area contributed by atoms with Crippen molar-refractivity contribution in [2.24, 2.45) is 0 Å². The molecule has 0 aliphatic rings. The summed E-state index contributed by atoms with van der Waals surface area (Å²) < 4.78 is 11.9. The fourth-order valence-corrected chi connectivity index (χ4v) is 3.77. The Morgan fingerprint density at radius 3 is 2.72 bits per heavy atom. The molecule has 0 amide bonds. The Morgan fingerprint density at radius 1 is 1.33 bits per heavy atom. The van der Waals surface area contributed by atoms with Crippen molar-refractivity contribution in [1.82, 2.24) is 4.98 Å². The summed E-state index contributed by atoms with van der Waals surface area (Å²) in [5.74, 6) is 0. The number of hydrogen-bond acceptors (Lipinski definition) is 3. The van der Waals surface area contributed by atoms with Gasteiger partial charge < -0.3 is 4.57 Å². The van der Waals surface area contributed by atoms with E-state index in [1.807, 2.05) is 31.7 Å². The van der Waals surface area contributed by atoms with Crippen molar-refractivity contribution in [2.75, 3.05) is 13.3 Å². The van der Waals surface area contributed by atoms with E-state index in [0.29, 0.717) is 6.16 Å². The highest BCUT2D eigenvalue weighted by atomic mass is 32.1. The fraction of sp³-hybridized carbons (Fsp3) is 0.357. The van der Waals surface area contributed by atoms with Gasteiger partial charge in [0, 0.05) is 22.8 Å². The van der Waals surface area contributed by atoms with Crippen LogP contribution in [0.5, 0.6) is 0 Å². The number of hydrogen-bond donors (Lipinski definition) is 0. The van der Waals surface area contributed by atoms with Gasteiger partial charge >= 0.3 is 0 Å². The quantitative estimate of drug-likeness (QED) is 0.771. The maximum Gasteiger partial charge on any atom is 0.123 e. The lowest BCUT2D eigenvalue weighted by molar-refractivity contribution is 0.582. The largest absolute Gasteiger partial charge is 0.324 e. The predicted octanol–water partition coefficient (Wildman–Crippen LogP) is 4.50. The molecule has 0 unspecified atom stereocenters. The van der Waals surface area contributed by atoms with E-state index in [9.17, 15) is 4.57 Å². The minimum absolute atomic E-state index is 0.660. The van der Waals surface area contributed by atoms with Crippen LogP contribution in [0.25, 0.3) is 10.6 Å². The van der Waals surface area contributed by atoms with Crippen LogP contribution in [0.4, 0.5) is 0 Å². The molecular weight excluding hydrogens is 261 g/mol. The molecular formula is C14H18NOPS. The van der Waals surface area contributed by atoms with Gasteiger partial charge in [0.15, 0.2) is 0 Å². The summed E-state index contributed by atoms with van der Waals surface area (Å²) in [6, 6.07) is 8.24. The zero-order chi connectivity index (χ0) is 13.2. The summed E-state index contributed by atoms with van der Waals surface area (Å²) in [4.78, 5) is 5.74. The molecule has 4 heteroatoms. The van der Waals surface area contributed by atoms with E-state index in [1.54, 1.807) is 11.3 Å². The van der Waals surface area contributed by atoms with Gasteiger partial charge in [-0.25, -0.2) is 4.98 Å². The molecule has 0 spiro atoms. The van der Waals surface area contributed by atoms with Crippen LogP contribution in [0.2, 0.25) is 0 Å². The molecule has 0 atom stereocenters. The molecule has 1 aromatic heterocycles. The van der Waals surface area contributed by atoms with Gasteiger partial charge in [-0.1, -0.05) is 25.1 Å². The molecule has 0 radical (unpaired) electrons. The summed E-state index contributed by atoms with van der Waals surface area (Å²) in [6.07, 6.45) is 3.63. The Morgan fingerprint density at radius 2 is 2.11 bits per heavy atom. The molecule has 0 saturated heterocycles. The molecule has 0 bridgehead atoms. The lowest BCUT2D eigenvalue weighted by atomic mass is 10.1. The lowest BCUT2D eigenvalue weighted by Gasteiger charge is -2.07. The van der Waals surface area contributed by atoms with Gasteiger partial charge in [-0.05, 0) is 31.4 Å². The third-order valence-electron chi connectivity index (χ3n) is 2.64. The highest BCUT2D eigenvalue weighted by molar-refractivity contribution is 7.61. The van der Waals surface area contributed by atoms with Crippen LogP contribution in [0.3, 0.4) is 0 Å². The van der Waals surface area contributed by atoms with Crippen LogP contribution < -0.4 is 0 Å². The van der Waals surface area contributed by atoms with Crippen LogP contribution in [0.15, 0.2) is 30.5 Å². The highest BCUT2D eigenvalue weighted by Gasteiger charge is 2.10. The number of aryl methyl sites for hydroxylation is 1. The first-order valence-corrected chi connectivity index (χ1v) is 9.66. The summed E-state index contributed by atoms with van der Waals surface area (Å²) >= 11 is 1.73. The van der Waals surface area contributed by atoms with Gasteiger partial charge in [-0.15, -0.1) is 11.3 Å². The minimum Gasteiger partial charge on any atom is -0.324 e. The predicted molar refractivity (Wildman–Crippen MR) is 80.1 cm³/mol. The molecule has 0 saturated carbocycles. The first kappa shape index (κ1) is 13.5. The van der Waals surface area contributed by atoms with Crippen LogP contribution in [-0.4, -0.2) is 18.3 Å². The Kier molecular flexibility index (Phi) is 4.04. The smallest absolute Gasteiger partial charge is 0.123 e. The van der Waals surface area contributed by atoms with Gasteiger partial charge in [-0.2, -0.15) is 0 Å². The van der Waals surface area contributed by atoms with E-state index in [2.05, 4.69) is 24.0 Å². The van der Waals surface area contributed by atoms with Gasteiger partial charge in [0.25, 0.3) is 0 Å². The van der Waals surface area contributed by atoms with E-state index < -0.39 is 7.14 Å². The first-order chi connectivity index (χ1) is 8.48. The molecule has 0 aliphatic carbocycles. The summed E-state index contributed by atoms with van der Waals surface area (Å²) in [5.41, 5.74) is 2.26. The normalized spacial score (nSPS) is 11.7. The van der Waals surface area contributed by atoms with E-state index in [1.165, 1.54) is 4.88 Å². The summed E-state index contributed by atoms with van der Waals surface area (Å²) in [7, 11) is -2.02. The van der Waals surface area contributed by atoms with E-state index in [0.717, 1.165) is 22.6 Å². The average Bonchev–Trinajstić information content (AvgIpc) is 2.75. The van der Waals surface area contributed by atoms with E-state index >= 15 is 0 Å². The molecule has 0 N–H and O–H groups in total. The highest BCUT2D eigenvalue weighted by Crippen LogP contribution is 2.41. The van der Waals surface area contributed by atoms with Crippen molar-refractivity contribution in [3.8, 4) is 10.6 Å². The molecule has 2 nitrogen and oxygen atoms in total. The van der Waals surface area contributed by atoms with Crippen LogP contribution >= 0.6 is 18.5 Å². The van der Waals surface area contributed by atoms with Gasteiger partial charge in [0.1, 0.15) is 5.01 Å². The van der Waals surface area contributed by atoms with Crippen molar-refractivity contribution in [2.45, 2.75) is 19.5 Å². The zero-order valence-electron chi connectivity index (χ0n) is 11.0. The third-order valence-corrected chi connectivity index (χ3v) is 4.96. The van der Waals surface area contributed by atoms with E-state index in [-0.39, 0.29) is 0 Å². The van der Waals surface area contributed by atoms with Crippen molar-refractivity contribution < 1.29 is 4.57 Å². The van der Waals surface area contributed by atoms with Crippen LogP contribution in [0, 0.1) is 0 Å². The molecule has 1 heterocycles. The molecule has 1 aromatic carbocycles. The SMILES string of the molecule is CCc1cnc(-c2cccc(CP(C)(C)=O)c2)s1. The standard InChI is InChI=1S/C14H18NOPS/c1-4-13-9-15-14(18-13)12-7-5-6-11(8-12)10-17(2,3)16/h5-9H,4,10H2,1-3H3. The van der Waals surface area contributed by atoms with Crippen molar-refractivity contribution in [3.05, 3.63) is 40.9 Å². The Balaban J connectivity index is 2.29.